The maximum absolute atomic E-state index is 14.0. The lowest BCUT2D eigenvalue weighted by molar-refractivity contribution is -0.150. The van der Waals surface area contributed by atoms with Gasteiger partial charge in [0.15, 0.2) is 17.5 Å². The second-order valence-electron chi connectivity index (χ2n) is 8.07. The lowest BCUT2D eigenvalue weighted by Gasteiger charge is -2.46. The molecule has 1 aromatic heterocycles. The highest BCUT2D eigenvalue weighted by atomic mass is 19.1. The Bertz CT molecular complexity index is 1230. The van der Waals surface area contributed by atoms with E-state index in [-0.39, 0.29) is 25.2 Å². The smallest absolute Gasteiger partial charge is 0.224 e. The summed E-state index contributed by atoms with van der Waals surface area (Å²) >= 11 is 0. The van der Waals surface area contributed by atoms with Gasteiger partial charge in [-0.15, -0.1) is 0 Å². The molecule has 0 aliphatic carbocycles. The number of likely N-dealkylation sites (tertiary alicyclic amines) is 1. The first-order valence-corrected chi connectivity index (χ1v) is 10.3. The van der Waals surface area contributed by atoms with Crippen LogP contribution in [0.3, 0.4) is 0 Å². The van der Waals surface area contributed by atoms with Crippen LogP contribution in [0.4, 0.5) is 4.39 Å². The fourth-order valence-electron chi connectivity index (χ4n) is 4.01. The Hall–Kier alpha value is -3.79. The Kier molecular flexibility index (Phi) is 5.62. The van der Waals surface area contributed by atoms with Crippen LogP contribution in [0, 0.1) is 11.3 Å². The number of pyridine rings is 1. The van der Waals surface area contributed by atoms with E-state index in [4.69, 9.17) is 10.00 Å². The van der Waals surface area contributed by atoms with E-state index in [1.54, 1.807) is 19.4 Å². The number of methoxy groups -OCH3 is 1. The normalized spacial score (nSPS) is 19.8. The molecule has 1 amide bonds. The lowest BCUT2D eigenvalue weighted by atomic mass is 9.87. The molecule has 2 atom stereocenters. The van der Waals surface area contributed by atoms with E-state index in [1.165, 1.54) is 11.8 Å². The second kappa shape index (κ2) is 8.39. The molecular formula is C25H22FN3O3. The Balaban J connectivity index is 1.53. The molecule has 1 unspecified atom stereocenters. The van der Waals surface area contributed by atoms with Crippen LogP contribution in [0.25, 0.3) is 22.0 Å². The van der Waals surface area contributed by atoms with Crippen molar-refractivity contribution in [3.63, 3.8) is 0 Å². The third kappa shape index (κ3) is 3.92. The van der Waals surface area contributed by atoms with Gasteiger partial charge in [0.05, 0.1) is 25.2 Å². The number of hydrogen-bond donors (Lipinski definition) is 0. The third-order valence-electron chi connectivity index (χ3n) is 5.84. The molecule has 4 rings (SSSR count). The number of nitriles is 1. The van der Waals surface area contributed by atoms with Crippen LogP contribution in [-0.2, 0) is 4.79 Å². The molecule has 0 bridgehead atoms. The molecule has 6 nitrogen and oxygen atoms in total. The van der Waals surface area contributed by atoms with Gasteiger partial charge in [0.2, 0.25) is 5.91 Å². The molecule has 3 aromatic rings. The van der Waals surface area contributed by atoms with E-state index in [0.717, 1.165) is 16.9 Å². The number of Topliss-reactive ketones (excluding diaryl/α,β-unsaturated/α-hetero) is 1. The average molecular weight is 431 g/mol. The van der Waals surface area contributed by atoms with Gasteiger partial charge in [0, 0.05) is 30.0 Å². The predicted octanol–water partition coefficient (Wildman–Crippen LogP) is 4.34. The van der Waals surface area contributed by atoms with E-state index < -0.39 is 17.6 Å². The van der Waals surface area contributed by atoms with E-state index in [9.17, 15) is 14.0 Å². The minimum Gasteiger partial charge on any atom is -0.497 e. The zero-order chi connectivity index (χ0) is 22.9. The number of fused-ring (bicyclic) bond motifs is 1. The van der Waals surface area contributed by atoms with Crippen molar-refractivity contribution in [2.45, 2.75) is 31.5 Å². The third-order valence-corrected chi connectivity index (χ3v) is 5.84. The van der Waals surface area contributed by atoms with Gasteiger partial charge in [-0.25, -0.2) is 4.39 Å². The van der Waals surface area contributed by atoms with Crippen molar-refractivity contribution in [3.8, 4) is 22.9 Å². The van der Waals surface area contributed by atoms with Crippen LogP contribution in [-0.4, -0.2) is 46.9 Å². The minimum atomic E-state index is -1.70. The molecule has 162 valence electrons. The zero-order valence-corrected chi connectivity index (χ0v) is 17.8. The summed E-state index contributed by atoms with van der Waals surface area (Å²) in [6.45, 7) is 1.18. The first kappa shape index (κ1) is 21.4. The average Bonchev–Trinajstić information content (AvgIpc) is 2.80. The number of alkyl halides is 1. The maximum Gasteiger partial charge on any atom is 0.224 e. The summed E-state index contributed by atoms with van der Waals surface area (Å²) in [4.78, 5) is 30.9. The van der Waals surface area contributed by atoms with Gasteiger partial charge in [0.25, 0.3) is 0 Å². The summed E-state index contributed by atoms with van der Waals surface area (Å²) in [5, 5.41) is 9.80. The van der Waals surface area contributed by atoms with Crippen molar-refractivity contribution >= 4 is 22.6 Å². The van der Waals surface area contributed by atoms with Gasteiger partial charge in [-0.05, 0) is 48.4 Å². The Morgan fingerprint density at radius 3 is 2.56 bits per heavy atom. The number of ether oxygens (including phenoxy) is 1. The molecule has 1 saturated heterocycles. The largest absolute Gasteiger partial charge is 0.497 e. The molecule has 7 heteroatoms. The molecule has 2 aromatic carbocycles. The number of benzene rings is 2. The molecule has 1 fully saturated rings. The van der Waals surface area contributed by atoms with Crippen LogP contribution in [0.1, 0.15) is 30.1 Å². The van der Waals surface area contributed by atoms with Gasteiger partial charge < -0.3 is 9.64 Å². The number of halogens is 1. The van der Waals surface area contributed by atoms with E-state index >= 15 is 0 Å². The summed E-state index contributed by atoms with van der Waals surface area (Å²) in [6, 6.07) is 15.7. The van der Waals surface area contributed by atoms with Gasteiger partial charge in [-0.3, -0.25) is 14.6 Å². The fourth-order valence-corrected chi connectivity index (χ4v) is 4.01. The zero-order valence-electron chi connectivity index (χ0n) is 17.8. The van der Waals surface area contributed by atoms with Gasteiger partial charge in [0.1, 0.15) is 5.75 Å². The highest BCUT2D eigenvalue weighted by molar-refractivity contribution is 6.08. The highest BCUT2D eigenvalue weighted by Crippen LogP contribution is 2.33. The number of carbonyl (C=O) groups is 2. The summed E-state index contributed by atoms with van der Waals surface area (Å²) < 4.78 is 19.2. The Morgan fingerprint density at radius 2 is 1.91 bits per heavy atom. The van der Waals surface area contributed by atoms with E-state index in [1.807, 2.05) is 48.5 Å². The van der Waals surface area contributed by atoms with Crippen LogP contribution in [0.5, 0.6) is 5.75 Å². The van der Waals surface area contributed by atoms with Crippen LogP contribution in [0.2, 0.25) is 0 Å². The predicted molar refractivity (Wildman–Crippen MR) is 118 cm³/mol. The number of carbonyl (C=O) groups excluding carboxylic acids is 2. The van der Waals surface area contributed by atoms with Crippen molar-refractivity contribution in [1.29, 1.82) is 5.26 Å². The van der Waals surface area contributed by atoms with Gasteiger partial charge in [-0.2, -0.15) is 5.26 Å². The molecule has 32 heavy (non-hydrogen) atoms. The summed E-state index contributed by atoms with van der Waals surface area (Å²) in [5.74, 6) is 0.164. The highest BCUT2D eigenvalue weighted by Gasteiger charge is 2.52. The number of nitrogens with zero attached hydrogens (tertiary/aromatic N) is 3. The van der Waals surface area contributed by atoms with Crippen molar-refractivity contribution in [3.05, 3.63) is 60.3 Å². The van der Waals surface area contributed by atoms with Crippen LogP contribution < -0.4 is 4.74 Å². The summed E-state index contributed by atoms with van der Waals surface area (Å²) in [7, 11) is 1.61. The van der Waals surface area contributed by atoms with Crippen molar-refractivity contribution in [2.75, 3.05) is 13.7 Å². The van der Waals surface area contributed by atoms with E-state index in [2.05, 4.69) is 4.98 Å². The standard InChI is InChI=1S/C25H22FN3O3/c1-25(26)15-29(23(25)14-27)24(31)10-9-22(30)19-11-12-28-21-8-5-17(13-20(19)21)16-3-6-18(32-2)7-4-16/h3-8,11-13,23H,9-10,15H2,1-2H3/t23-,25?/m1/s1. The molecular weight excluding hydrogens is 409 g/mol. The first-order chi connectivity index (χ1) is 15.3. The number of aromatic nitrogens is 1. The molecule has 1 aliphatic heterocycles. The monoisotopic (exact) mass is 431 g/mol. The van der Waals surface area contributed by atoms with E-state index in [0.29, 0.717) is 16.5 Å². The van der Waals surface area contributed by atoms with Gasteiger partial charge >= 0.3 is 0 Å². The molecule has 0 N–H and O–H groups in total. The number of amides is 1. The summed E-state index contributed by atoms with van der Waals surface area (Å²) in [6.07, 6.45) is 1.47. The molecule has 0 spiro atoms. The summed E-state index contributed by atoms with van der Waals surface area (Å²) in [5.41, 5.74) is 1.36. The maximum atomic E-state index is 14.0. The van der Waals surface area contributed by atoms with Crippen molar-refractivity contribution in [2.24, 2.45) is 0 Å². The molecule has 0 saturated carbocycles. The van der Waals surface area contributed by atoms with Crippen LogP contribution in [0.15, 0.2) is 54.7 Å². The fraction of sp³-hybridized carbons (Fsp3) is 0.280. The van der Waals surface area contributed by atoms with Crippen LogP contribution >= 0.6 is 0 Å². The van der Waals surface area contributed by atoms with Crippen molar-refractivity contribution in [1.82, 2.24) is 9.88 Å². The lowest BCUT2D eigenvalue weighted by Crippen LogP contribution is -2.66. The Labute approximate surface area is 185 Å². The topological polar surface area (TPSA) is 83.3 Å². The quantitative estimate of drug-likeness (QED) is 0.543. The number of hydrogen-bond acceptors (Lipinski definition) is 5. The minimum absolute atomic E-state index is 0.0254. The first-order valence-electron chi connectivity index (χ1n) is 10.3. The number of ketones is 1. The van der Waals surface area contributed by atoms with Gasteiger partial charge in [-0.1, -0.05) is 18.2 Å². The Morgan fingerprint density at radius 1 is 1.19 bits per heavy atom. The molecule has 0 radical (unpaired) electrons. The molecule has 2 heterocycles. The molecule has 1 aliphatic rings. The number of rotatable bonds is 6. The second-order valence-corrected chi connectivity index (χ2v) is 8.07. The SMILES string of the molecule is COc1ccc(-c2ccc3nccc(C(=O)CCC(=O)N4CC(C)(F)[C@H]4C#N)c3c2)cc1. The van der Waals surface area contributed by atoms with Crippen molar-refractivity contribution < 1.29 is 18.7 Å².